The third-order valence-corrected chi connectivity index (χ3v) is 3.58. The van der Waals surface area contributed by atoms with E-state index < -0.39 is 0 Å². The number of nitrogens with zero attached hydrogens (tertiary/aromatic N) is 1. The van der Waals surface area contributed by atoms with Crippen molar-refractivity contribution in [2.45, 2.75) is 20.3 Å². The van der Waals surface area contributed by atoms with Crippen LogP contribution < -0.4 is 0 Å². The number of amides is 1. The van der Waals surface area contributed by atoms with Crippen molar-refractivity contribution >= 4 is 17.5 Å². The second kappa shape index (κ2) is 5.19. The average molecular weight is 268 g/mol. The van der Waals surface area contributed by atoms with Crippen molar-refractivity contribution in [3.63, 3.8) is 0 Å². The van der Waals surface area contributed by atoms with Gasteiger partial charge in [-0.1, -0.05) is 25.4 Å². The molecule has 1 heterocycles. The fourth-order valence-electron chi connectivity index (χ4n) is 2.68. The van der Waals surface area contributed by atoms with E-state index in [-0.39, 0.29) is 11.7 Å². The number of rotatable bonds is 1. The first kappa shape index (κ1) is 13.2. The molecule has 2 rings (SSSR count). The Balaban J connectivity index is 2.20. The van der Waals surface area contributed by atoms with Gasteiger partial charge < -0.3 is 10.0 Å². The van der Waals surface area contributed by atoms with Crippen LogP contribution in [0.5, 0.6) is 5.75 Å². The lowest BCUT2D eigenvalue weighted by molar-refractivity contribution is 0.0620. The van der Waals surface area contributed by atoms with Crippen LogP contribution in [-0.2, 0) is 0 Å². The smallest absolute Gasteiger partial charge is 0.257 e. The Morgan fingerprint density at radius 1 is 1.33 bits per heavy atom. The lowest BCUT2D eigenvalue weighted by Crippen LogP contribution is -2.42. The highest BCUT2D eigenvalue weighted by Crippen LogP contribution is 2.27. The van der Waals surface area contributed by atoms with E-state index in [1.54, 1.807) is 12.1 Å². The van der Waals surface area contributed by atoms with Crippen molar-refractivity contribution in [3.05, 3.63) is 28.8 Å². The van der Waals surface area contributed by atoms with Gasteiger partial charge in [0.05, 0.1) is 5.56 Å². The molecule has 2 unspecified atom stereocenters. The van der Waals surface area contributed by atoms with Crippen LogP contribution in [0.2, 0.25) is 5.02 Å². The zero-order chi connectivity index (χ0) is 13.3. The molecule has 4 heteroatoms. The van der Waals surface area contributed by atoms with Gasteiger partial charge in [-0.25, -0.2) is 0 Å². The van der Waals surface area contributed by atoms with E-state index in [0.29, 0.717) is 22.4 Å². The Labute approximate surface area is 112 Å². The summed E-state index contributed by atoms with van der Waals surface area (Å²) in [6, 6.07) is 4.63. The third-order valence-electron chi connectivity index (χ3n) is 3.35. The van der Waals surface area contributed by atoms with Crippen molar-refractivity contribution in [2.24, 2.45) is 11.8 Å². The average Bonchev–Trinajstić information content (AvgIpc) is 2.26. The second-order valence-corrected chi connectivity index (χ2v) is 5.75. The summed E-state index contributed by atoms with van der Waals surface area (Å²) in [4.78, 5) is 14.2. The van der Waals surface area contributed by atoms with Crippen LogP contribution >= 0.6 is 11.6 Å². The van der Waals surface area contributed by atoms with Crippen LogP contribution in [0, 0.1) is 11.8 Å². The lowest BCUT2D eigenvalue weighted by Gasteiger charge is -2.35. The number of aromatic hydroxyl groups is 1. The third kappa shape index (κ3) is 2.78. The van der Waals surface area contributed by atoms with Crippen molar-refractivity contribution < 1.29 is 9.90 Å². The number of carbonyl (C=O) groups is 1. The quantitative estimate of drug-likeness (QED) is 0.849. The normalized spacial score (nSPS) is 24.1. The van der Waals surface area contributed by atoms with Gasteiger partial charge in [-0.15, -0.1) is 0 Å². The summed E-state index contributed by atoms with van der Waals surface area (Å²) >= 11 is 5.77. The molecule has 98 valence electrons. The number of hydrogen-bond donors (Lipinski definition) is 1. The van der Waals surface area contributed by atoms with E-state index in [1.165, 1.54) is 6.07 Å². The maximum Gasteiger partial charge on any atom is 0.257 e. The van der Waals surface area contributed by atoms with E-state index in [2.05, 4.69) is 13.8 Å². The van der Waals surface area contributed by atoms with Crippen LogP contribution in [0.4, 0.5) is 0 Å². The zero-order valence-electron chi connectivity index (χ0n) is 10.7. The van der Waals surface area contributed by atoms with Crippen molar-refractivity contribution in [1.29, 1.82) is 0 Å². The van der Waals surface area contributed by atoms with E-state index >= 15 is 0 Å². The topological polar surface area (TPSA) is 40.5 Å². The van der Waals surface area contributed by atoms with Crippen LogP contribution in [0.1, 0.15) is 30.6 Å². The Hall–Kier alpha value is -1.22. The van der Waals surface area contributed by atoms with E-state index in [1.807, 2.05) is 4.90 Å². The van der Waals surface area contributed by atoms with Crippen molar-refractivity contribution in [3.8, 4) is 5.75 Å². The van der Waals surface area contributed by atoms with Crippen LogP contribution in [0.25, 0.3) is 0 Å². The highest BCUT2D eigenvalue weighted by atomic mass is 35.5. The Bertz CT molecular complexity index is 451. The maximum atomic E-state index is 12.3. The summed E-state index contributed by atoms with van der Waals surface area (Å²) in [6.07, 6.45) is 1.15. The monoisotopic (exact) mass is 267 g/mol. The molecule has 0 spiro atoms. The SMILES string of the molecule is CC1CC(C)CN(C(=O)c2ccc(Cl)cc2O)C1. The molecule has 1 aromatic rings. The molecule has 1 aliphatic heterocycles. The van der Waals surface area contributed by atoms with Gasteiger partial charge in [0.1, 0.15) is 5.75 Å². The number of carbonyl (C=O) groups excluding carboxylic acids is 1. The van der Waals surface area contributed by atoms with Crippen LogP contribution in [-0.4, -0.2) is 29.0 Å². The molecule has 0 radical (unpaired) electrons. The Kier molecular flexibility index (Phi) is 3.81. The molecule has 1 aromatic carbocycles. The first-order valence-corrected chi connectivity index (χ1v) is 6.63. The van der Waals surface area contributed by atoms with Gasteiger partial charge >= 0.3 is 0 Å². The van der Waals surface area contributed by atoms with Gasteiger partial charge in [-0.2, -0.15) is 0 Å². The van der Waals surface area contributed by atoms with Crippen LogP contribution in [0.3, 0.4) is 0 Å². The molecule has 0 bridgehead atoms. The molecule has 1 amide bonds. The van der Waals surface area contributed by atoms with E-state index in [9.17, 15) is 9.90 Å². The summed E-state index contributed by atoms with van der Waals surface area (Å²) in [5.41, 5.74) is 0.334. The molecule has 0 aliphatic carbocycles. The molecule has 1 fully saturated rings. The number of likely N-dealkylation sites (tertiary alicyclic amines) is 1. The fourth-order valence-corrected chi connectivity index (χ4v) is 2.85. The van der Waals surface area contributed by atoms with Gasteiger partial charge in [0.2, 0.25) is 0 Å². The standard InChI is InChI=1S/C14H18ClNO2/c1-9-5-10(2)8-16(7-9)14(18)12-4-3-11(15)6-13(12)17/h3-4,6,9-10,17H,5,7-8H2,1-2H3. The molecule has 1 N–H and O–H groups in total. The Morgan fingerprint density at radius 2 is 1.94 bits per heavy atom. The van der Waals surface area contributed by atoms with Gasteiger partial charge in [0.15, 0.2) is 0 Å². The second-order valence-electron chi connectivity index (χ2n) is 5.32. The summed E-state index contributed by atoms with van der Waals surface area (Å²) in [5, 5.41) is 10.2. The summed E-state index contributed by atoms with van der Waals surface area (Å²) in [5.74, 6) is 0.861. The lowest BCUT2D eigenvalue weighted by atomic mass is 9.91. The molecule has 0 saturated carbocycles. The summed E-state index contributed by atoms with van der Waals surface area (Å²) < 4.78 is 0. The molecule has 1 saturated heterocycles. The number of hydrogen-bond acceptors (Lipinski definition) is 2. The molecule has 3 nitrogen and oxygen atoms in total. The number of piperidine rings is 1. The molecule has 2 atom stereocenters. The highest BCUT2D eigenvalue weighted by molar-refractivity contribution is 6.30. The minimum atomic E-state index is -0.109. The largest absolute Gasteiger partial charge is 0.507 e. The fraction of sp³-hybridized carbons (Fsp3) is 0.500. The molecule has 18 heavy (non-hydrogen) atoms. The van der Waals surface area contributed by atoms with Gasteiger partial charge in [0.25, 0.3) is 5.91 Å². The predicted octanol–water partition coefficient (Wildman–Crippen LogP) is 3.16. The number of benzene rings is 1. The first-order valence-electron chi connectivity index (χ1n) is 6.25. The number of phenolic OH excluding ortho intramolecular Hbond substituents is 1. The van der Waals surface area contributed by atoms with Crippen LogP contribution in [0.15, 0.2) is 18.2 Å². The number of halogens is 1. The predicted molar refractivity (Wildman–Crippen MR) is 72.0 cm³/mol. The minimum absolute atomic E-state index is 0.0432. The van der Waals surface area contributed by atoms with Gasteiger partial charge in [0, 0.05) is 18.1 Å². The molecule has 1 aliphatic rings. The van der Waals surface area contributed by atoms with Crippen molar-refractivity contribution in [2.75, 3.05) is 13.1 Å². The highest BCUT2D eigenvalue weighted by Gasteiger charge is 2.27. The van der Waals surface area contributed by atoms with Gasteiger partial charge in [-0.05, 0) is 36.5 Å². The molecular formula is C14H18ClNO2. The Morgan fingerprint density at radius 3 is 2.50 bits per heavy atom. The summed E-state index contributed by atoms with van der Waals surface area (Å²) in [6.45, 7) is 5.81. The number of phenols is 1. The first-order chi connectivity index (χ1) is 8.47. The minimum Gasteiger partial charge on any atom is -0.507 e. The molecular weight excluding hydrogens is 250 g/mol. The van der Waals surface area contributed by atoms with Gasteiger partial charge in [-0.3, -0.25) is 4.79 Å². The van der Waals surface area contributed by atoms with Crippen molar-refractivity contribution in [1.82, 2.24) is 4.90 Å². The summed E-state index contributed by atoms with van der Waals surface area (Å²) in [7, 11) is 0. The molecule has 0 aromatic heterocycles. The van der Waals surface area contributed by atoms with E-state index in [4.69, 9.17) is 11.6 Å². The maximum absolute atomic E-state index is 12.3. The van der Waals surface area contributed by atoms with E-state index in [0.717, 1.165) is 19.5 Å². The zero-order valence-corrected chi connectivity index (χ0v) is 11.4.